The van der Waals surface area contributed by atoms with Crippen LogP contribution in [0.15, 0.2) is 60.9 Å². The lowest BCUT2D eigenvalue weighted by molar-refractivity contribution is 0.737. The lowest BCUT2D eigenvalue weighted by Gasteiger charge is -2.01. The molecule has 0 N–H and O–H groups in total. The number of hydrogen-bond acceptors (Lipinski definition) is 1. The van der Waals surface area contributed by atoms with Crippen LogP contribution in [0.25, 0.3) is 0 Å². The van der Waals surface area contributed by atoms with E-state index in [0.717, 1.165) is 5.92 Å². The second-order valence-corrected chi connectivity index (χ2v) is 5.32. The quantitative estimate of drug-likeness (QED) is 0.527. The summed E-state index contributed by atoms with van der Waals surface area (Å²) in [6, 6.07) is 16.2. The molecule has 1 aromatic heterocycles. The summed E-state index contributed by atoms with van der Waals surface area (Å²) in [5.74, 6) is 1.49. The van der Waals surface area contributed by atoms with Gasteiger partial charge in [0.15, 0.2) is 0 Å². The molecule has 2 rings (SSSR count). The molecule has 132 valence electrons. The molecule has 0 bridgehead atoms. The monoisotopic (exact) mass is 317 g/mol. The molecule has 1 heterocycles. The lowest BCUT2D eigenvalue weighted by atomic mass is 10.0. The largest absolute Gasteiger partial charge is 0.265 e. The van der Waals surface area contributed by atoms with Crippen LogP contribution in [-0.2, 0) is 0 Å². The fourth-order valence-corrected chi connectivity index (χ4v) is 1.15. The Bertz CT molecular complexity index is 350. The Morgan fingerprint density at radius 3 is 1.13 bits per heavy atom. The van der Waals surface area contributed by atoms with Crippen LogP contribution in [0, 0.1) is 5.92 Å². The van der Waals surface area contributed by atoms with Gasteiger partial charge in [0, 0.05) is 12.4 Å². The fraction of sp³-hybridized carbons (Fsp3) is 0.500. The maximum Gasteiger partial charge on any atom is 0.0267 e. The molecule has 0 saturated heterocycles. The Morgan fingerprint density at radius 2 is 0.957 bits per heavy atom. The van der Waals surface area contributed by atoms with Gasteiger partial charge in [-0.25, -0.2) is 0 Å². The summed E-state index contributed by atoms with van der Waals surface area (Å²) in [5, 5.41) is 0. The number of benzene rings is 1. The normalized spacial score (nSPS) is 8.13. The second kappa shape index (κ2) is 22.6. The van der Waals surface area contributed by atoms with Crippen molar-refractivity contribution in [1.29, 1.82) is 0 Å². The van der Waals surface area contributed by atoms with E-state index in [4.69, 9.17) is 0 Å². The summed E-state index contributed by atoms with van der Waals surface area (Å²) in [4.78, 5) is 3.78. The van der Waals surface area contributed by atoms with Crippen molar-refractivity contribution in [3.8, 4) is 0 Å². The van der Waals surface area contributed by atoms with Crippen LogP contribution in [0.5, 0.6) is 0 Å². The highest BCUT2D eigenvalue weighted by atomic mass is 14.6. The molecule has 1 aromatic carbocycles. The first-order valence-electron chi connectivity index (χ1n) is 8.94. The summed E-state index contributed by atoms with van der Waals surface area (Å²) < 4.78 is 0. The zero-order valence-electron chi connectivity index (χ0n) is 16.9. The minimum Gasteiger partial charge on any atom is -0.265 e. The Balaban J connectivity index is -0.000000250. The molecule has 0 aliphatic rings. The average molecular weight is 318 g/mol. The van der Waals surface area contributed by atoms with E-state index >= 15 is 0 Å². The van der Waals surface area contributed by atoms with Crippen molar-refractivity contribution in [2.45, 2.75) is 68.2 Å². The molecule has 1 nitrogen and oxygen atoms in total. The molecule has 23 heavy (non-hydrogen) atoms. The third-order valence-electron chi connectivity index (χ3n) is 2.03. The predicted octanol–water partition coefficient (Wildman–Crippen LogP) is 7.61. The van der Waals surface area contributed by atoms with Crippen molar-refractivity contribution >= 4 is 0 Å². The summed E-state index contributed by atoms with van der Waals surface area (Å²) in [7, 11) is 0. The number of nitrogens with zero attached hydrogens (tertiary/aromatic N) is 1. The van der Waals surface area contributed by atoms with Gasteiger partial charge in [-0.15, -0.1) is 0 Å². The zero-order valence-corrected chi connectivity index (χ0v) is 16.9. The molecule has 0 spiro atoms. The van der Waals surface area contributed by atoms with Gasteiger partial charge in [-0.2, -0.15) is 0 Å². The van der Waals surface area contributed by atoms with E-state index in [1.807, 2.05) is 52.0 Å². The van der Waals surface area contributed by atoms with Crippen molar-refractivity contribution < 1.29 is 0 Å². The Kier molecular flexibility index (Phi) is 25.9. The fourth-order valence-electron chi connectivity index (χ4n) is 1.15. The maximum absolute atomic E-state index is 3.78. The van der Waals surface area contributed by atoms with Crippen LogP contribution < -0.4 is 0 Å². The first kappa shape index (κ1) is 26.3. The van der Waals surface area contributed by atoms with E-state index in [1.54, 1.807) is 12.4 Å². The van der Waals surface area contributed by atoms with Crippen LogP contribution in [0.4, 0.5) is 0 Å². The highest BCUT2D eigenvalue weighted by Crippen LogP contribution is 2.11. The average Bonchev–Trinajstić information content (AvgIpc) is 2.61. The molecule has 0 atom stereocenters. The maximum atomic E-state index is 3.78. The first-order chi connectivity index (χ1) is 11.0. The van der Waals surface area contributed by atoms with Gasteiger partial charge in [-0.1, -0.05) is 98.7 Å². The molecular formula is C22H39N. The highest BCUT2D eigenvalue weighted by molar-refractivity contribution is 5.17. The minimum absolute atomic E-state index is 0.659. The minimum atomic E-state index is 0.659. The van der Waals surface area contributed by atoms with E-state index < -0.39 is 0 Å². The third kappa shape index (κ3) is 25.7. The predicted molar refractivity (Wildman–Crippen MR) is 108 cm³/mol. The third-order valence-corrected chi connectivity index (χ3v) is 2.03. The van der Waals surface area contributed by atoms with E-state index in [2.05, 4.69) is 63.9 Å². The molecule has 0 radical (unpaired) electrons. The topological polar surface area (TPSA) is 12.9 Å². The molecule has 1 heteroatoms. The van der Waals surface area contributed by atoms with E-state index in [9.17, 15) is 0 Å². The van der Waals surface area contributed by atoms with Crippen molar-refractivity contribution in [1.82, 2.24) is 4.98 Å². The molecule has 0 amide bonds. The number of pyridine rings is 1. The van der Waals surface area contributed by atoms with Crippen molar-refractivity contribution in [2.24, 2.45) is 5.92 Å². The second-order valence-electron chi connectivity index (χ2n) is 5.32. The SMILES string of the molecule is CC.CC.CC(C)C.CC(C)c1ccccc1.c1ccncc1. The first-order valence-corrected chi connectivity index (χ1v) is 8.94. The van der Waals surface area contributed by atoms with E-state index in [-0.39, 0.29) is 0 Å². The Hall–Kier alpha value is -1.63. The van der Waals surface area contributed by atoms with Crippen LogP contribution in [-0.4, -0.2) is 4.98 Å². The van der Waals surface area contributed by atoms with Gasteiger partial charge in [0.2, 0.25) is 0 Å². The molecule has 0 saturated carbocycles. The number of rotatable bonds is 1. The molecule has 2 aromatic rings. The molecule has 0 aliphatic heterocycles. The van der Waals surface area contributed by atoms with Crippen LogP contribution in [0.1, 0.15) is 73.8 Å². The van der Waals surface area contributed by atoms with E-state index in [1.165, 1.54) is 5.56 Å². The van der Waals surface area contributed by atoms with Gasteiger partial charge >= 0.3 is 0 Å². The molecule has 0 fully saturated rings. The smallest absolute Gasteiger partial charge is 0.0267 e. The molecule has 0 aliphatic carbocycles. The van der Waals surface area contributed by atoms with Gasteiger partial charge in [0.25, 0.3) is 0 Å². The van der Waals surface area contributed by atoms with E-state index in [0.29, 0.717) is 5.92 Å². The standard InChI is InChI=1S/C9H12.C5H5N.C4H10.2C2H6/c1-8(2)9-6-4-3-5-7-9;1-2-4-6-5-3-1;1-4(2)3;2*1-2/h3-8H,1-2H3;1-5H;4H,1-3H3;2*1-2H3. The lowest BCUT2D eigenvalue weighted by Crippen LogP contribution is -1.83. The molecular weight excluding hydrogens is 278 g/mol. The molecule has 0 unspecified atom stereocenters. The summed E-state index contributed by atoms with van der Waals surface area (Å²) in [6.07, 6.45) is 3.50. The summed E-state index contributed by atoms with van der Waals surface area (Å²) >= 11 is 0. The van der Waals surface area contributed by atoms with Crippen LogP contribution in [0.2, 0.25) is 0 Å². The summed E-state index contributed by atoms with van der Waals surface area (Å²) in [6.45, 7) is 18.9. The van der Waals surface area contributed by atoms with Gasteiger partial charge in [-0.05, 0) is 29.5 Å². The Morgan fingerprint density at radius 1 is 0.609 bits per heavy atom. The highest BCUT2D eigenvalue weighted by Gasteiger charge is 1.93. The van der Waals surface area contributed by atoms with Crippen molar-refractivity contribution in [3.05, 3.63) is 66.5 Å². The van der Waals surface area contributed by atoms with Crippen molar-refractivity contribution in [3.63, 3.8) is 0 Å². The van der Waals surface area contributed by atoms with Gasteiger partial charge in [0.05, 0.1) is 0 Å². The van der Waals surface area contributed by atoms with Gasteiger partial charge in [-0.3, -0.25) is 4.98 Å². The van der Waals surface area contributed by atoms with Gasteiger partial charge < -0.3 is 0 Å². The number of hydrogen-bond donors (Lipinski definition) is 0. The zero-order chi connectivity index (χ0) is 18.5. The number of aromatic nitrogens is 1. The van der Waals surface area contributed by atoms with Crippen LogP contribution in [0.3, 0.4) is 0 Å². The summed E-state index contributed by atoms with van der Waals surface area (Å²) in [5.41, 5.74) is 1.41. The van der Waals surface area contributed by atoms with Crippen LogP contribution >= 0.6 is 0 Å². The van der Waals surface area contributed by atoms with Gasteiger partial charge in [0.1, 0.15) is 0 Å². The Labute approximate surface area is 146 Å². The van der Waals surface area contributed by atoms with Crippen molar-refractivity contribution in [2.75, 3.05) is 0 Å².